The van der Waals surface area contributed by atoms with E-state index in [4.69, 9.17) is 19.3 Å². The SMILES string of the molecule is COC(=O)C1CCNc2cc(OC)ccc21.COc1ccc2c(c1)NCCC2C(=O)O. The molecule has 4 rings (SSSR count). The number of hydrogen-bond acceptors (Lipinski definition) is 7. The van der Waals surface area contributed by atoms with Crippen LogP contribution in [0.5, 0.6) is 11.5 Å². The number of benzene rings is 2. The fraction of sp³-hybridized carbons (Fsp3) is 0.391. The summed E-state index contributed by atoms with van der Waals surface area (Å²) in [6.07, 6.45) is 1.40. The number of fused-ring (bicyclic) bond motifs is 2. The van der Waals surface area contributed by atoms with Gasteiger partial charge in [-0.2, -0.15) is 0 Å². The highest BCUT2D eigenvalue weighted by Gasteiger charge is 2.27. The van der Waals surface area contributed by atoms with Gasteiger partial charge >= 0.3 is 11.9 Å². The van der Waals surface area contributed by atoms with Crippen molar-refractivity contribution in [1.29, 1.82) is 0 Å². The smallest absolute Gasteiger partial charge is 0.313 e. The Morgan fingerprint density at radius 2 is 1.32 bits per heavy atom. The molecule has 31 heavy (non-hydrogen) atoms. The van der Waals surface area contributed by atoms with Crippen LogP contribution in [0, 0.1) is 0 Å². The molecular formula is C23H28N2O6. The van der Waals surface area contributed by atoms with Crippen LogP contribution in [0.15, 0.2) is 36.4 Å². The normalized spacial score (nSPS) is 18.5. The molecule has 2 unspecified atom stereocenters. The largest absolute Gasteiger partial charge is 0.497 e. The highest BCUT2D eigenvalue weighted by Crippen LogP contribution is 2.35. The summed E-state index contributed by atoms with van der Waals surface area (Å²) in [6, 6.07) is 11.1. The van der Waals surface area contributed by atoms with E-state index >= 15 is 0 Å². The number of carbonyl (C=O) groups is 2. The first kappa shape index (κ1) is 22.3. The second-order valence-corrected chi connectivity index (χ2v) is 7.30. The number of aliphatic carboxylic acids is 1. The first-order valence-electron chi connectivity index (χ1n) is 10.1. The number of carboxylic acids is 1. The van der Waals surface area contributed by atoms with Crippen LogP contribution in [0.4, 0.5) is 11.4 Å². The van der Waals surface area contributed by atoms with Gasteiger partial charge in [-0.3, -0.25) is 9.59 Å². The van der Waals surface area contributed by atoms with Gasteiger partial charge in [0.1, 0.15) is 11.5 Å². The van der Waals surface area contributed by atoms with Crippen molar-refractivity contribution in [3.63, 3.8) is 0 Å². The molecule has 8 heteroatoms. The first-order valence-corrected chi connectivity index (χ1v) is 10.1. The Morgan fingerprint density at radius 3 is 1.77 bits per heavy atom. The minimum Gasteiger partial charge on any atom is -0.497 e. The van der Waals surface area contributed by atoms with E-state index < -0.39 is 11.9 Å². The zero-order valence-electron chi connectivity index (χ0n) is 17.9. The first-order chi connectivity index (χ1) is 15.0. The molecule has 2 heterocycles. The van der Waals surface area contributed by atoms with Crippen molar-refractivity contribution in [2.75, 3.05) is 45.1 Å². The third kappa shape index (κ3) is 5.02. The Hall–Kier alpha value is -3.42. The average Bonchev–Trinajstić information content (AvgIpc) is 2.82. The lowest BCUT2D eigenvalue weighted by atomic mass is 9.91. The van der Waals surface area contributed by atoms with Crippen molar-refractivity contribution in [1.82, 2.24) is 0 Å². The van der Waals surface area contributed by atoms with Gasteiger partial charge < -0.3 is 30.0 Å². The van der Waals surface area contributed by atoms with Gasteiger partial charge in [-0.25, -0.2) is 0 Å². The Bertz CT molecular complexity index is 946. The van der Waals surface area contributed by atoms with Crippen LogP contribution in [-0.4, -0.2) is 51.5 Å². The van der Waals surface area contributed by atoms with E-state index in [1.807, 2.05) is 30.3 Å². The molecule has 0 radical (unpaired) electrons. The number of carboxylic acid groups (broad SMARTS) is 1. The van der Waals surface area contributed by atoms with Crippen LogP contribution in [0.3, 0.4) is 0 Å². The molecule has 0 bridgehead atoms. The summed E-state index contributed by atoms with van der Waals surface area (Å²) >= 11 is 0. The van der Waals surface area contributed by atoms with Crippen LogP contribution < -0.4 is 20.1 Å². The second kappa shape index (κ2) is 10.1. The molecule has 0 amide bonds. The van der Waals surface area contributed by atoms with Crippen LogP contribution >= 0.6 is 0 Å². The fourth-order valence-corrected chi connectivity index (χ4v) is 3.90. The molecule has 2 aliphatic heterocycles. The Balaban J connectivity index is 0.000000176. The maximum Gasteiger partial charge on any atom is 0.313 e. The number of esters is 1. The lowest BCUT2D eigenvalue weighted by molar-refractivity contribution is -0.142. The molecule has 2 aliphatic rings. The standard InChI is InChI=1S/C12H15NO3.C11H13NO3/c1-15-8-3-4-9-10(12(14)16-2)5-6-13-11(9)7-8;1-15-7-2-3-8-9(11(13)14)4-5-12-10(8)6-7/h3-4,7,10,13H,5-6H2,1-2H3;2-3,6,9,12H,4-5H2,1H3,(H,13,14). The highest BCUT2D eigenvalue weighted by atomic mass is 16.5. The summed E-state index contributed by atoms with van der Waals surface area (Å²) < 4.78 is 15.0. The van der Waals surface area contributed by atoms with Crippen LogP contribution in [0.2, 0.25) is 0 Å². The zero-order chi connectivity index (χ0) is 22.4. The number of carbonyl (C=O) groups excluding carboxylic acids is 1. The average molecular weight is 428 g/mol. The summed E-state index contributed by atoms with van der Waals surface area (Å²) in [5.74, 6) is 0.0409. The summed E-state index contributed by atoms with van der Waals surface area (Å²) in [5, 5.41) is 15.5. The zero-order valence-corrected chi connectivity index (χ0v) is 17.9. The van der Waals surface area contributed by atoms with Crippen molar-refractivity contribution in [3.05, 3.63) is 47.5 Å². The number of rotatable bonds is 4. The second-order valence-electron chi connectivity index (χ2n) is 7.30. The van der Waals surface area contributed by atoms with Crippen LogP contribution in [0.25, 0.3) is 0 Å². The molecule has 0 saturated carbocycles. The Morgan fingerprint density at radius 1 is 0.839 bits per heavy atom. The molecule has 0 fully saturated rings. The van der Waals surface area contributed by atoms with Gasteiger partial charge in [0.15, 0.2) is 0 Å². The van der Waals surface area contributed by atoms with Gasteiger partial charge in [0.05, 0.1) is 33.2 Å². The quantitative estimate of drug-likeness (QED) is 0.636. The third-order valence-corrected chi connectivity index (χ3v) is 5.55. The summed E-state index contributed by atoms with van der Waals surface area (Å²) in [5.41, 5.74) is 3.66. The molecule has 0 aromatic heterocycles. The van der Waals surface area contributed by atoms with Crippen molar-refractivity contribution >= 4 is 23.3 Å². The van der Waals surface area contributed by atoms with E-state index in [1.165, 1.54) is 7.11 Å². The molecule has 2 atom stereocenters. The minimum absolute atomic E-state index is 0.160. The van der Waals surface area contributed by atoms with Crippen molar-refractivity contribution in [3.8, 4) is 11.5 Å². The van der Waals surface area contributed by atoms with Crippen LogP contribution in [0.1, 0.15) is 35.8 Å². The monoisotopic (exact) mass is 428 g/mol. The molecule has 8 nitrogen and oxygen atoms in total. The molecule has 0 saturated heterocycles. The summed E-state index contributed by atoms with van der Waals surface area (Å²) in [7, 11) is 4.65. The molecular weight excluding hydrogens is 400 g/mol. The van der Waals surface area contributed by atoms with Gasteiger partial charge in [-0.1, -0.05) is 12.1 Å². The summed E-state index contributed by atoms with van der Waals surface area (Å²) in [6.45, 7) is 1.47. The fourth-order valence-electron chi connectivity index (χ4n) is 3.90. The van der Waals surface area contributed by atoms with Crippen molar-refractivity contribution < 1.29 is 28.9 Å². The van der Waals surface area contributed by atoms with Crippen molar-refractivity contribution in [2.24, 2.45) is 0 Å². The predicted molar refractivity (Wildman–Crippen MR) is 117 cm³/mol. The van der Waals surface area contributed by atoms with Gasteiger partial charge in [0.25, 0.3) is 0 Å². The summed E-state index contributed by atoms with van der Waals surface area (Å²) in [4.78, 5) is 22.6. The highest BCUT2D eigenvalue weighted by molar-refractivity contribution is 5.82. The van der Waals surface area contributed by atoms with Crippen molar-refractivity contribution in [2.45, 2.75) is 24.7 Å². The molecule has 166 valence electrons. The van der Waals surface area contributed by atoms with Crippen LogP contribution in [-0.2, 0) is 14.3 Å². The topological polar surface area (TPSA) is 106 Å². The third-order valence-electron chi connectivity index (χ3n) is 5.55. The van der Waals surface area contributed by atoms with Gasteiger partial charge in [0.2, 0.25) is 0 Å². The number of hydrogen-bond donors (Lipinski definition) is 3. The van der Waals surface area contributed by atoms with Gasteiger partial charge in [-0.15, -0.1) is 0 Å². The van der Waals surface area contributed by atoms with E-state index in [2.05, 4.69) is 10.6 Å². The number of nitrogens with one attached hydrogen (secondary N) is 2. The Labute approximate surface area is 181 Å². The molecule has 0 aliphatic carbocycles. The number of ether oxygens (including phenoxy) is 3. The minimum atomic E-state index is -0.761. The maximum atomic E-state index is 11.6. The molecule has 0 spiro atoms. The molecule has 2 aromatic carbocycles. The van der Waals surface area contributed by atoms with E-state index in [-0.39, 0.29) is 11.9 Å². The lowest BCUT2D eigenvalue weighted by Crippen LogP contribution is -2.23. The molecule has 3 N–H and O–H groups in total. The number of anilines is 2. The maximum absolute atomic E-state index is 11.6. The lowest BCUT2D eigenvalue weighted by Gasteiger charge is -2.25. The number of methoxy groups -OCH3 is 3. The van der Waals surface area contributed by atoms with E-state index in [0.29, 0.717) is 13.0 Å². The van der Waals surface area contributed by atoms with E-state index in [9.17, 15) is 9.59 Å². The van der Waals surface area contributed by atoms with E-state index in [0.717, 1.165) is 47.0 Å². The Kier molecular flexibility index (Phi) is 7.23. The van der Waals surface area contributed by atoms with Gasteiger partial charge in [0, 0.05) is 36.6 Å². The molecule has 2 aromatic rings. The van der Waals surface area contributed by atoms with Gasteiger partial charge in [-0.05, 0) is 36.1 Å². The van der Waals surface area contributed by atoms with E-state index in [1.54, 1.807) is 20.3 Å². The predicted octanol–water partition coefficient (Wildman–Crippen LogP) is 3.45.